The molecule has 0 unspecified atom stereocenters. The van der Waals surface area contributed by atoms with E-state index in [2.05, 4.69) is 0 Å². The van der Waals surface area contributed by atoms with E-state index in [1.165, 1.54) is 14.0 Å². The molecular weight excluding hydrogens is 128 g/mol. The summed E-state index contributed by atoms with van der Waals surface area (Å²) in [6.07, 6.45) is -0.452. The van der Waals surface area contributed by atoms with Gasteiger partial charge in [-0.25, -0.2) is 0 Å². The fourth-order valence-corrected chi connectivity index (χ4v) is 0.343. The summed E-state index contributed by atoms with van der Waals surface area (Å²) in [5.74, 6) is -4.42. The Morgan fingerprint density at radius 2 is 2.11 bits per heavy atom. The summed E-state index contributed by atoms with van der Waals surface area (Å²) >= 11 is 0. The van der Waals surface area contributed by atoms with Crippen LogP contribution < -0.4 is 5.32 Å². The first kappa shape index (κ1) is 8.33. The third-order valence-electron chi connectivity index (χ3n) is 1.00. The summed E-state index contributed by atoms with van der Waals surface area (Å²) in [6, 6.07) is 0. The summed E-state index contributed by atoms with van der Waals surface area (Å²) in [4.78, 5) is 10.2. The highest BCUT2D eigenvalue weighted by atomic mass is 19.3. The second-order valence-electron chi connectivity index (χ2n) is 1.64. The number of nitrogens with one attached hydrogen (secondary N) is 1. The van der Waals surface area contributed by atoms with E-state index in [0.717, 1.165) is 0 Å². The topological polar surface area (TPSA) is 29.1 Å². The summed E-state index contributed by atoms with van der Waals surface area (Å²) < 4.78 is 24.3. The SMILES string of the molecule is CCC(F)(F)C(=O)NC. The minimum atomic E-state index is -3.20. The average Bonchev–Trinajstić information content (AvgIpc) is 1.86. The molecule has 0 saturated heterocycles. The Labute approximate surface area is 52.2 Å². The Morgan fingerprint density at radius 3 is 2.22 bits per heavy atom. The van der Waals surface area contributed by atoms with Crippen molar-refractivity contribution >= 4 is 5.91 Å². The van der Waals surface area contributed by atoms with Crippen molar-refractivity contribution in [3.05, 3.63) is 0 Å². The highest BCUT2D eigenvalue weighted by Gasteiger charge is 2.34. The fraction of sp³-hybridized carbons (Fsp3) is 0.800. The molecule has 0 aromatic rings. The van der Waals surface area contributed by atoms with Crippen molar-refractivity contribution in [1.29, 1.82) is 0 Å². The van der Waals surface area contributed by atoms with Gasteiger partial charge in [-0.15, -0.1) is 0 Å². The predicted molar refractivity (Wildman–Crippen MR) is 29.3 cm³/mol. The van der Waals surface area contributed by atoms with E-state index in [1.54, 1.807) is 0 Å². The molecule has 0 aromatic carbocycles. The van der Waals surface area contributed by atoms with Gasteiger partial charge in [0.15, 0.2) is 0 Å². The van der Waals surface area contributed by atoms with E-state index in [0.29, 0.717) is 0 Å². The van der Waals surface area contributed by atoms with Crippen LogP contribution in [0.5, 0.6) is 0 Å². The normalized spacial score (nSPS) is 11.1. The van der Waals surface area contributed by atoms with Gasteiger partial charge in [-0.1, -0.05) is 6.92 Å². The molecule has 0 aliphatic heterocycles. The van der Waals surface area contributed by atoms with Gasteiger partial charge < -0.3 is 5.32 Å². The maximum atomic E-state index is 12.1. The summed E-state index contributed by atoms with van der Waals surface area (Å²) in [6.45, 7) is 1.26. The monoisotopic (exact) mass is 137 g/mol. The van der Waals surface area contributed by atoms with Gasteiger partial charge >= 0.3 is 5.92 Å². The van der Waals surface area contributed by atoms with E-state index < -0.39 is 18.3 Å². The summed E-state index contributed by atoms with van der Waals surface area (Å²) in [5.41, 5.74) is 0. The lowest BCUT2D eigenvalue weighted by Crippen LogP contribution is -2.37. The van der Waals surface area contributed by atoms with Crippen LogP contribution in [0.1, 0.15) is 13.3 Å². The molecule has 1 N–H and O–H groups in total. The van der Waals surface area contributed by atoms with Gasteiger partial charge in [0.05, 0.1) is 0 Å². The molecule has 4 heteroatoms. The number of alkyl halides is 2. The Balaban J connectivity index is 3.97. The number of carbonyl (C=O) groups excluding carboxylic acids is 1. The Morgan fingerprint density at radius 1 is 1.67 bits per heavy atom. The average molecular weight is 137 g/mol. The van der Waals surface area contributed by atoms with Crippen LogP contribution in [0.15, 0.2) is 0 Å². The lowest BCUT2D eigenvalue weighted by molar-refractivity contribution is -0.145. The summed E-state index contributed by atoms with van der Waals surface area (Å²) in [5, 5.41) is 1.87. The molecule has 0 rings (SSSR count). The minimum Gasteiger partial charge on any atom is -0.354 e. The maximum absolute atomic E-state index is 12.1. The molecule has 54 valence electrons. The van der Waals surface area contributed by atoms with Crippen molar-refractivity contribution in [3.8, 4) is 0 Å². The molecular formula is C5H9F2NO. The summed E-state index contributed by atoms with van der Waals surface area (Å²) in [7, 11) is 1.19. The van der Waals surface area contributed by atoms with Crippen LogP contribution in [0.4, 0.5) is 8.78 Å². The molecule has 9 heavy (non-hydrogen) atoms. The van der Waals surface area contributed by atoms with Gasteiger partial charge in [-0.2, -0.15) is 8.78 Å². The molecule has 0 radical (unpaired) electrons. The van der Waals surface area contributed by atoms with Crippen LogP contribution in [-0.4, -0.2) is 18.9 Å². The van der Waals surface area contributed by atoms with Crippen molar-refractivity contribution in [2.45, 2.75) is 19.3 Å². The van der Waals surface area contributed by atoms with Crippen LogP contribution in [0, 0.1) is 0 Å². The number of hydrogen-bond acceptors (Lipinski definition) is 1. The minimum absolute atomic E-state index is 0.452. The number of hydrogen-bond donors (Lipinski definition) is 1. The van der Waals surface area contributed by atoms with Crippen LogP contribution in [0.2, 0.25) is 0 Å². The quantitative estimate of drug-likeness (QED) is 0.598. The molecule has 0 spiro atoms. The third-order valence-corrected chi connectivity index (χ3v) is 1.00. The second-order valence-corrected chi connectivity index (χ2v) is 1.64. The van der Waals surface area contributed by atoms with E-state index in [4.69, 9.17) is 0 Å². The van der Waals surface area contributed by atoms with Crippen LogP contribution in [-0.2, 0) is 4.79 Å². The standard InChI is InChI=1S/C5H9F2NO/c1-3-5(6,7)4(9)8-2/h3H2,1-2H3,(H,8,9). The molecule has 0 fully saturated rings. The zero-order chi connectivity index (χ0) is 7.49. The Hall–Kier alpha value is -0.670. The molecule has 2 nitrogen and oxygen atoms in total. The lowest BCUT2D eigenvalue weighted by Gasteiger charge is -2.10. The largest absolute Gasteiger partial charge is 0.354 e. The fourth-order valence-electron chi connectivity index (χ4n) is 0.343. The first-order valence-electron chi connectivity index (χ1n) is 2.64. The molecule has 0 aromatic heterocycles. The molecule has 0 aliphatic carbocycles. The second kappa shape index (κ2) is 2.75. The smallest absolute Gasteiger partial charge is 0.324 e. The molecule has 1 amide bonds. The van der Waals surface area contributed by atoms with Gasteiger partial charge in [0.1, 0.15) is 0 Å². The van der Waals surface area contributed by atoms with Crippen LogP contribution in [0.3, 0.4) is 0 Å². The first-order chi connectivity index (χ1) is 4.04. The molecule has 0 bridgehead atoms. The van der Waals surface area contributed by atoms with E-state index >= 15 is 0 Å². The zero-order valence-electron chi connectivity index (χ0n) is 5.37. The van der Waals surface area contributed by atoms with Crippen molar-refractivity contribution in [3.63, 3.8) is 0 Å². The maximum Gasteiger partial charge on any atom is 0.324 e. The van der Waals surface area contributed by atoms with Gasteiger partial charge in [0.2, 0.25) is 0 Å². The first-order valence-corrected chi connectivity index (χ1v) is 2.64. The number of halogens is 2. The van der Waals surface area contributed by atoms with Crippen LogP contribution >= 0.6 is 0 Å². The van der Waals surface area contributed by atoms with Gasteiger partial charge in [-0.05, 0) is 0 Å². The van der Waals surface area contributed by atoms with E-state index in [-0.39, 0.29) is 0 Å². The molecule has 0 aliphatic rings. The molecule has 0 atom stereocenters. The van der Waals surface area contributed by atoms with E-state index in [9.17, 15) is 13.6 Å². The van der Waals surface area contributed by atoms with Crippen molar-refractivity contribution in [2.24, 2.45) is 0 Å². The van der Waals surface area contributed by atoms with Crippen LogP contribution in [0.25, 0.3) is 0 Å². The van der Waals surface area contributed by atoms with Gasteiger partial charge in [0, 0.05) is 13.5 Å². The zero-order valence-corrected chi connectivity index (χ0v) is 5.37. The van der Waals surface area contributed by atoms with Gasteiger partial charge in [-0.3, -0.25) is 4.79 Å². The lowest BCUT2D eigenvalue weighted by atomic mass is 10.2. The van der Waals surface area contributed by atoms with Gasteiger partial charge in [0.25, 0.3) is 5.91 Å². The number of rotatable bonds is 2. The third kappa shape index (κ3) is 1.95. The highest BCUT2D eigenvalue weighted by Crippen LogP contribution is 2.16. The number of carbonyl (C=O) groups is 1. The Bertz CT molecular complexity index is 114. The predicted octanol–water partition coefficient (Wildman–Crippen LogP) is 0.778. The highest BCUT2D eigenvalue weighted by molar-refractivity contribution is 5.82. The molecule has 0 saturated carbocycles. The van der Waals surface area contributed by atoms with Crippen molar-refractivity contribution in [2.75, 3.05) is 7.05 Å². The van der Waals surface area contributed by atoms with E-state index in [1.807, 2.05) is 5.32 Å². The Kier molecular flexibility index (Phi) is 2.55. The molecule has 0 heterocycles. The number of amides is 1. The van der Waals surface area contributed by atoms with Crippen molar-refractivity contribution in [1.82, 2.24) is 5.32 Å². The van der Waals surface area contributed by atoms with Crippen molar-refractivity contribution < 1.29 is 13.6 Å².